The van der Waals surface area contributed by atoms with E-state index in [-0.39, 0.29) is 0 Å². The van der Waals surface area contributed by atoms with Crippen LogP contribution in [0.4, 0.5) is 5.69 Å². The topological polar surface area (TPSA) is 17.0 Å². The Morgan fingerprint density at radius 1 is 1.05 bits per heavy atom. The Kier molecular flexibility index (Phi) is 5.51. The Bertz CT molecular complexity index is 759. The minimum absolute atomic E-state index is 0.770. The number of nitrogens with zero attached hydrogens (tertiary/aromatic N) is 1. The molecule has 0 aliphatic heterocycles. The Morgan fingerprint density at radius 2 is 1.82 bits per heavy atom. The van der Waals surface area contributed by atoms with Crippen LogP contribution >= 0.6 is 11.6 Å². The van der Waals surface area contributed by atoms with Crippen molar-refractivity contribution in [2.24, 2.45) is 0 Å². The first kappa shape index (κ1) is 16.4. The Hall–Kier alpha value is -1.93. The number of halogens is 1. The average Bonchev–Trinajstić information content (AvgIpc) is 2.94. The molecule has 0 saturated carbocycles. The molecule has 0 spiro atoms. The van der Waals surface area contributed by atoms with Gasteiger partial charge in [0.1, 0.15) is 0 Å². The Morgan fingerprint density at radius 3 is 2.45 bits per heavy atom. The molecule has 2 aromatic carbocycles. The molecule has 0 amide bonds. The quantitative estimate of drug-likeness (QED) is 0.622. The van der Waals surface area contributed by atoms with Crippen molar-refractivity contribution in [3.8, 4) is 11.3 Å². The lowest BCUT2D eigenvalue weighted by Gasteiger charge is -2.08. The maximum Gasteiger partial charge on any atom is 0.0491 e. The second-order valence-corrected chi connectivity index (χ2v) is 5.24. The van der Waals surface area contributed by atoms with Gasteiger partial charge in [0.25, 0.3) is 0 Å². The van der Waals surface area contributed by atoms with Gasteiger partial charge in [-0.3, -0.25) is 0 Å². The first-order valence-electron chi connectivity index (χ1n) is 7.80. The number of nitrogens with one attached hydrogen (secondary N) is 1. The first-order chi connectivity index (χ1) is 10.7. The lowest BCUT2D eigenvalue weighted by atomic mass is 10.1. The van der Waals surface area contributed by atoms with Gasteiger partial charge in [-0.15, -0.1) is 0 Å². The molecular weight excluding hydrogens is 292 g/mol. The third-order valence-electron chi connectivity index (χ3n) is 3.63. The standard InChI is InChI=1S/C17H17ClN2.C2H6/c1-3-20-16-8-7-15(19-2)10-13(16)11-17(20)12-5-4-6-14(18)9-12;1-2/h4-11,19H,3H2,1-2H3;1-2H3. The van der Waals surface area contributed by atoms with Crippen molar-refractivity contribution in [2.45, 2.75) is 27.3 Å². The second-order valence-electron chi connectivity index (χ2n) is 4.81. The van der Waals surface area contributed by atoms with Crippen LogP contribution in [0, 0.1) is 0 Å². The summed E-state index contributed by atoms with van der Waals surface area (Å²) in [6.45, 7) is 7.10. The molecule has 0 atom stereocenters. The monoisotopic (exact) mass is 314 g/mol. The third kappa shape index (κ3) is 3.12. The molecule has 0 unspecified atom stereocenters. The van der Waals surface area contributed by atoms with E-state index < -0.39 is 0 Å². The fourth-order valence-corrected chi connectivity index (χ4v) is 2.84. The fourth-order valence-electron chi connectivity index (χ4n) is 2.65. The first-order valence-corrected chi connectivity index (χ1v) is 8.17. The lowest BCUT2D eigenvalue weighted by Crippen LogP contribution is -1.96. The van der Waals surface area contributed by atoms with Crippen LogP contribution < -0.4 is 5.32 Å². The normalized spacial score (nSPS) is 10.2. The average molecular weight is 315 g/mol. The molecule has 0 saturated heterocycles. The molecule has 116 valence electrons. The molecule has 0 fully saturated rings. The third-order valence-corrected chi connectivity index (χ3v) is 3.86. The van der Waals surface area contributed by atoms with Gasteiger partial charge in [0.05, 0.1) is 0 Å². The van der Waals surface area contributed by atoms with E-state index in [9.17, 15) is 0 Å². The highest BCUT2D eigenvalue weighted by Gasteiger charge is 2.10. The molecule has 3 rings (SSSR count). The van der Waals surface area contributed by atoms with E-state index in [1.165, 1.54) is 16.6 Å². The molecule has 1 N–H and O–H groups in total. The van der Waals surface area contributed by atoms with Crippen LogP contribution in [0.15, 0.2) is 48.5 Å². The van der Waals surface area contributed by atoms with E-state index in [2.05, 4.69) is 47.1 Å². The number of anilines is 1. The number of hydrogen-bond acceptors (Lipinski definition) is 1. The SMILES string of the molecule is CC.CCn1c(-c2cccc(Cl)c2)cc2cc(NC)ccc21. The summed E-state index contributed by atoms with van der Waals surface area (Å²) in [5.74, 6) is 0. The minimum atomic E-state index is 0.770. The van der Waals surface area contributed by atoms with Gasteiger partial charge >= 0.3 is 0 Å². The Labute approximate surface area is 137 Å². The molecule has 1 heterocycles. The van der Waals surface area contributed by atoms with Crippen molar-refractivity contribution < 1.29 is 0 Å². The summed E-state index contributed by atoms with van der Waals surface area (Å²) >= 11 is 6.12. The lowest BCUT2D eigenvalue weighted by molar-refractivity contribution is 0.805. The van der Waals surface area contributed by atoms with Gasteiger partial charge in [-0.25, -0.2) is 0 Å². The molecule has 2 nitrogen and oxygen atoms in total. The van der Waals surface area contributed by atoms with Gasteiger partial charge in [0.15, 0.2) is 0 Å². The number of aryl methyl sites for hydroxylation is 1. The summed E-state index contributed by atoms with van der Waals surface area (Å²) in [5.41, 5.74) is 4.74. The maximum atomic E-state index is 6.12. The second kappa shape index (κ2) is 7.37. The number of rotatable bonds is 3. The molecular formula is C19H23ClN2. The molecule has 1 aromatic heterocycles. The smallest absolute Gasteiger partial charge is 0.0491 e. The summed E-state index contributed by atoms with van der Waals surface area (Å²) in [6, 6.07) is 16.7. The molecule has 0 aliphatic rings. The van der Waals surface area contributed by atoms with E-state index in [1.54, 1.807) is 0 Å². The summed E-state index contributed by atoms with van der Waals surface area (Å²) in [6.07, 6.45) is 0. The fraction of sp³-hybridized carbons (Fsp3) is 0.263. The van der Waals surface area contributed by atoms with Crippen LogP contribution in [-0.2, 0) is 6.54 Å². The van der Waals surface area contributed by atoms with E-state index in [0.29, 0.717) is 0 Å². The van der Waals surface area contributed by atoms with Crippen LogP contribution in [0.25, 0.3) is 22.2 Å². The summed E-state index contributed by atoms with van der Waals surface area (Å²) in [4.78, 5) is 0. The zero-order valence-electron chi connectivity index (χ0n) is 13.7. The van der Waals surface area contributed by atoms with Crippen molar-refractivity contribution >= 4 is 28.2 Å². The molecule has 22 heavy (non-hydrogen) atoms. The summed E-state index contributed by atoms with van der Waals surface area (Å²) in [7, 11) is 1.94. The molecule has 3 heteroatoms. The zero-order valence-corrected chi connectivity index (χ0v) is 14.4. The number of aromatic nitrogens is 1. The minimum Gasteiger partial charge on any atom is -0.388 e. The van der Waals surface area contributed by atoms with Gasteiger partial charge in [-0.1, -0.05) is 37.6 Å². The molecule has 3 aromatic rings. The van der Waals surface area contributed by atoms with Crippen molar-refractivity contribution in [2.75, 3.05) is 12.4 Å². The van der Waals surface area contributed by atoms with Crippen molar-refractivity contribution in [3.63, 3.8) is 0 Å². The van der Waals surface area contributed by atoms with E-state index in [4.69, 9.17) is 11.6 Å². The number of fused-ring (bicyclic) bond motifs is 1. The van der Waals surface area contributed by atoms with Crippen molar-refractivity contribution in [1.29, 1.82) is 0 Å². The van der Waals surface area contributed by atoms with Gasteiger partial charge in [0.2, 0.25) is 0 Å². The predicted molar refractivity (Wildman–Crippen MR) is 99.0 cm³/mol. The zero-order chi connectivity index (χ0) is 16.1. The van der Waals surface area contributed by atoms with Gasteiger partial charge in [-0.05, 0) is 48.9 Å². The number of benzene rings is 2. The van der Waals surface area contributed by atoms with Crippen molar-refractivity contribution in [3.05, 3.63) is 53.6 Å². The molecule has 0 bridgehead atoms. The van der Waals surface area contributed by atoms with Crippen LogP contribution in [0.5, 0.6) is 0 Å². The summed E-state index contributed by atoms with van der Waals surface area (Å²) in [5, 5.41) is 5.20. The highest BCUT2D eigenvalue weighted by atomic mass is 35.5. The van der Waals surface area contributed by atoms with Crippen LogP contribution in [0.1, 0.15) is 20.8 Å². The summed E-state index contributed by atoms with van der Waals surface area (Å²) < 4.78 is 2.32. The highest BCUT2D eigenvalue weighted by Crippen LogP contribution is 2.31. The van der Waals surface area contributed by atoms with Crippen LogP contribution in [0.3, 0.4) is 0 Å². The number of hydrogen-bond donors (Lipinski definition) is 1. The van der Waals surface area contributed by atoms with Gasteiger partial charge < -0.3 is 9.88 Å². The maximum absolute atomic E-state index is 6.12. The van der Waals surface area contributed by atoms with Crippen LogP contribution in [0.2, 0.25) is 5.02 Å². The van der Waals surface area contributed by atoms with Gasteiger partial charge in [0, 0.05) is 40.9 Å². The Balaban J connectivity index is 0.000000847. The molecule has 0 radical (unpaired) electrons. The largest absolute Gasteiger partial charge is 0.388 e. The van der Waals surface area contributed by atoms with E-state index in [1.807, 2.05) is 39.1 Å². The van der Waals surface area contributed by atoms with E-state index >= 15 is 0 Å². The predicted octanol–water partition coefficient (Wildman–Crippen LogP) is 6.05. The highest BCUT2D eigenvalue weighted by molar-refractivity contribution is 6.30. The van der Waals surface area contributed by atoms with Crippen molar-refractivity contribution in [1.82, 2.24) is 4.57 Å². The van der Waals surface area contributed by atoms with E-state index in [0.717, 1.165) is 22.8 Å². The van der Waals surface area contributed by atoms with Crippen LogP contribution in [-0.4, -0.2) is 11.6 Å². The van der Waals surface area contributed by atoms with Gasteiger partial charge in [-0.2, -0.15) is 0 Å². The molecule has 0 aliphatic carbocycles.